The van der Waals surface area contributed by atoms with Crippen LogP contribution >= 0.6 is 0 Å². The van der Waals surface area contributed by atoms with Gasteiger partial charge in [0.05, 0.1) is 6.54 Å². The van der Waals surface area contributed by atoms with Gasteiger partial charge >= 0.3 is 0 Å². The van der Waals surface area contributed by atoms with Gasteiger partial charge in [-0.05, 0) is 39.1 Å². The number of hydrogen-bond acceptors (Lipinski definition) is 5. The van der Waals surface area contributed by atoms with Crippen LogP contribution < -0.4 is 10.1 Å². The van der Waals surface area contributed by atoms with E-state index in [-0.39, 0.29) is 36.8 Å². The van der Waals surface area contributed by atoms with Crippen molar-refractivity contribution in [1.29, 1.82) is 0 Å². The van der Waals surface area contributed by atoms with Crippen molar-refractivity contribution in [3.63, 3.8) is 0 Å². The molecule has 3 rings (SSSR count). The fraction of sp³-hybridized carbons (Fsp3) is 0.476. The largest absolute Gasteiger partial charge is 0.492 e. The number of hydrogen-bond donors (Lipinski definition) is 1. The number of likely N-dealkylation sites (N-methyl/N-ethyl adjacent to an activating group) is 1. The molecule has 30 heavy (non-hydrogen) atoms. The molecule has 0 unspecified atom stereocenters. The minimum atomic E-state index is -0.455. The SMILES string of the molecule is CC(C)n1ccc(C(=O)N2CCN(C)[C@@H](C(=O)NCCOc3cccc(F)c3)C2)n1. The highest BCUT2D eigenvalue weighted by Crippen LogP contribution is 2.14. The fourth-order valence-corrected chi connectivity index (χ4v) is 3.26. The number of aromatic nitrogens is 2. The number of nitrogens with zero attached hydrogens (tertiary/aromatic N) is 4. The Kier molecular flexibility index (Phi) is 7.04. The summed E-state index contributed by atoms with van der Waals surface area (Å²) in [5.74, 6) is -0.305. The first kappa shape index (κ1) is 21.8. The van der Waals surface area contributed by atoms with Crippen LogP contribution in [0.4, 0.5) is 4.39 Å². The third kappa shape index (κ3) is 5.35. The maximum Gasteiger partial charge on any atom is 0.274 e. The van der Waals surface area contributed by atoms with Gasteiger partial charge in [-0.25, -0.2) is 4.39 Å². The molecule has 1 fully saturated rings. The molecule has 8 nitrogen and oxygen atoms in total. The summed E-state index contributed by atoms with van der Waals surface area (Å²) in [5.41, 5.74) is 0.385. The third-order valence-corrected chi connectivity index (χ3v) is 5.06. The number of amides is 2. The highest BCUT2D eigenvalue weighted by Gasteiger charge is 2.33. The Morgan fingerprint density at radius 2 is 2.10 bits per heavy atom. The van der Waals surface area contributed by atoms with Crippen molar-refractivity contribution in [2.45, 2.75) is 25.9 Å². The fourth-order valence-electron chi connectivity index (χ4n) is 3.26. The summed E-state index contributed by atoms with van der Waals surface area (Å²) in [5, 5.41) is 7.17. The van der Waals surface area contributed by atoms with E-state index in [4.69, 9.17) is 4.74 Å². The third-order valence-electron chi connectivity index (χ3n) is 5.06. The summed E-state index contributed by atoms with van der Waals surface area (Å²) in [6, 6.07) is 7.28. The number of benzene rings is 1. The molecule has 1 aromatic heterocycles. The van der Waals surface area contributed by atoms with Gasteiger partial charge in [-0.15, -0.1) is 0 Å². The normalized spacial score (nSPS) is 17.2. The molecule has 1 N–H and O–H groups in total. The van der Waals surface area contributed by atoms with E-state index in [1.165, 1.54) is 12.1 Å². The van der Waals surface area contributed by atoms with E-state index in [0.29, 0.717) is 31.1 Å². The zero-order valence-corrected chi connectivity index (χ0v) is 17.5. The zero-order valence-electron chi connectivity index (χ0n) is 17.5. The molecule has 1 aliphatic heterocycles. The molecule has 162 valence electrons. The molecular weight excluding hydrogens is 389 g/mol. The van der Waals surface area contributed by atoms with Crippen LogP contribution in [0.5, 0.6) is 5.75 Å². The van der Waals surface area contributed by atoms with E-state index in [1.807, 2.05) is 25.8 Å². The number of rotatable bonds is 7. The lowest BCUT2D eigenvalue weighted by atomic mass is 10.1. The second kappa shape index (κ2) is 9.71. The van der Waals surface area contributed by atoms with E-state index in [1.54, 1.807) is 34.0 Å². The van der Waals surface area contributed by atoms with Crippen LogP contribution in [0.15, 0.2) is 36.5 Å². The molecule has 1 saturated heterocycles. The van der Waals surface area contributed by atoms with E-state index >= 15 is 0 Å². The molecule has 0 bridgehead atoms. The average Bonchev–Trinajstić information content (AvgIpc) is 3.21. The lowest BCUT2D eigenvalue weighted by Crippen LogP contribution is -2.59. The van der Waals surface area contributed by atoms with Gasteiger partial charge in [-0.1, -0.05) is 6.07 Å². The van der Waals surface area contributed by atoms with Gasteiger partial charge in [-0.3, -0.25) is 19.2 Å². The second-order valence-electron chi connectivity index (χ2n) is 7.62. The van der Waals surface area contributed by atoms with Gasteiger partial charge in [0.2, 0.25) is 5.91 Å². The Bertz CT molecular complexity index is 885. The Morgan fingerprint density at radius 1 is 1.30 bits per heavy atom. The Hall–Kier alpha value is -2.94. The molecule has 1 atom stereocenters. The van der Waals surface area contributed by atoms with Gasteiger partial charge < -0.3 is 15.0 Å². The first-order valence-electron chi connectivity index (χ1n) is 10.1. The van der Waals surface area contributed by atoms with E-state index in [2.05, 4.69) is 10.4 Å². The molecule has 0 radical (unpaired) electrons. The van der Waals surface area contributed by atoms with Crippen LogP contribution in [-0.2, 0) is 4.79 Å². The van der Waals surface area contributed by atoms with E-state index in [0.717, 1.165) is 0 Å². The maximum absolute atomic E-state index is 13.2. The van der Waals surface area contributed by atoms with Crippen molar-refractivity contribution in [1.82, 2.24) is 24.9 Å². The van der Waals surface area contributed by atoms with Gasteiger partial charge in [0.25, 0.3) is 5.91 Å². The van der Waals surface area contributed by atoms with Crippen LogP contribution in [0.25, 0.3) is 0 Å². The minimum absolute atomic E-state index is 0.172. The van der Waals surface area contributed by atoms with Gasteiger partial charge in [-0.2, -0.15) is 5.10 Å². The summed E-state index contributed by atoms with van der Waals surface area (Å²) in [6.45, 7) is 5.92. The van der Waals surface area contributed by atoms with Crippen LogP contribution in [0.1, 0.15) is 30.4 Å². The van der Waals surface area contributed by atoms with Gasteiger partial charge in [0.15, 0.2) is 0 Å². The van der Waals surface area contributed by atoms with Crippen molar-refractivity contribution in [2.24, 2.45) is 0 Å². The van der Waals surface area contributed by atoms with Crippen molar-refractivity contribution in [3.8, 4) is 5.75 Å². The first-order valence-corrected chi connectivity index (χ1v) is 10.1. The van der Waals surface area contributed by atoms with Crippen LogP contribution in [0, 0.1) is 5.82 Å². The van der Waals surface area contributed by atoms with Crippen molar-refractivity contribution < 1.29 is 18.7 Å². The minimum Gasteiger partial charge on any atom is -0.492 e. The molecule has 0 spiro atoms. The predicted octanol–water partition coefficient (Wildman–Crippen LogP) is 1.55. The topological polar surface area (TPSA) is 79.7 Å². The standard InChI is InChI=1S/C21H28FN5O3/c1-15(2)27-9-7-18(24-27)21(29)26-11-10-25(3)19(14-26)20(28)23-8-12-30-17-6-4-5-16(22)13-17/h4-7,9,13,15,19H,8,10-12,14H2,1-3H3,(H,23,28)/t19-/m1/s1. The van der Waals surface area contributed by atoms with E-state index in [9.17, 15) is 14.0 Å². The molecule has 2 amide bonds. The lowest BCUT2D eigenvalue weighted by Gasteiger charge is -2.38. The molecule has 9 heteroatoms. The number of carbonyl (C=O) groups is 2. The number of nitrogens with one attached hydrogen (secondary N) is 1. The summed E-state index contributed by atoms with van der Waals surface area (Å²) in [7, 11) is 1.86. The maximum atomic E-state index is 13.2. The van der Waals surface area contributed by atoms with Crippen molar-refractivity contribution >= 4 is 11.8 Å². The summed E-state index contributed by atoms with van der Waals surface area (Å²) < 4.78 is 20.4. The van der Waals surface area contributed by atoms with Crippen LogP contribution in [0.3, 0.4) is 0 Å². The van der Waals surface area contributed by atoms with Gasteiger partial charge in [0, 0.05) is 37.9 Å². The molecule has 1 aliphatic rings. The number of halogens is 1. The quantitative estimate of drug-likeness (QED) is 0.692. The average molecular weight is 417 g/mol. The van der Waals surface area contributed by atoms with Crippen molar-refractivity contribution in [3.05, 3.63) is 48.0 Å². The first-order chi connectivity index (χ1) is 14.3. The Balaban J connectivity index is 1.51. The van der Waals surface area contributed by atoms with Crippen LogP contribution in [-0.4, -0.2) is 77.3 Å². The number of ether oxygens (including phenoxy) is 1. The molecule has 0 saturated carbocycles. The molecule has 2 heterocycles. The van der Waals surface area contributed by atoms with E-state index < -0.39 is 6.04 Å². The molecule has 1 aromatic carbocycles. The second-order valence-corrected chi connectivity index (χ2v) is 7.62. The highest BCUT2D eigenvalue weighted by atomic mass is 19.1. The molecular formula is C21H28FN5O3. The summed E-state index contributed by atoms with van der Waals surface area (Å²) in [4.78, 5) is 29.0. The number of piperazine rings is 1. The molecule has 2 aromatic rings. The number of carbonyl (C=O) groups excluding carboxylic acids is 2. The van der Waals surface area contributed by atoms with Crippen molar-refractivity contribution in [2.75, 3.05) is 39.8 Å². The highest BCUT2D eigenvalue weighted by molar-refractivity contribution is 5.93. The predicted molar refractivity (Wildman–Crippen MR) is 110 cm³/mol. The lowest BCUT2D eigenvalue weighted by molar-refractivity contribution is -0.127. The smallest absolute Gasteiger partial charge is 0.274 e. The zero-order chi connectivity index (χ0) is 21.7. The molecule has 0 aliphatic carbocycles. The Labute approximate surface area is 175 Å². The summed E-state index contributed by atoms with van der Waals surface area (Å²) in [6.07, 6.45) is 1.79. The monoisotopic (exact) mass is 417 g/mol. The Morgan fingerprint density at radius 3 is 2.80 bits per heavy atom. The van der Waals surface area contributed by atoms with Crippen LogP contribution in [0.2, 0.25) is 0 Å². The summed E-state index contributed by atoms with van der Waals surface area (Å²) >= 11 is 0. The van der Waals surface area contributed by atoms with Gasteiger partial charge in [0.1, 0.15) is 29.9 Å².